The SMILES string of the molecule is CC(CBr)C(C)NCC(F)(F)F. The summed E-state index contributed by atoms with van der Waals surface area (Å²) in [7, 11) is 0. The Balaban J connectivity index is 3.64. The molecule has 0 spiro atoms. The zero-order valence-electron chi connectivity index (χ0n) is 7.08. The molecule has 1 nitrogen and oxygen atoms in total. The summed E-state index contributed by atoms with van der Waals surface area (Å²) in [5, 5.41) is 3.13. The molecule has 74 valence electrons. The molecular formula is C7H13BrF3N. The molecular weight excluding hydrogens is 235 g/mol. The van der Waals surface area contributed by atoms with E-state index in [0.29, 0.717) is 5.33 Å². The van der Waals surface area contributed by atoms with Crippen molar-refractivity contribution < 1.29 is 13.2 Å². The Kier molecular flexibility index (Phi) is 5.16. The highest BCUT2D eigenvalue weighted by atomic mass is 79.9. The average molecular weight is 248 g/mol. The van der Waals surface area contributed by atoms with Crippen molar-refractivity contribution >= 4 is 15.9 Å². The second kappa shape index (κ2) is 5.07. The van der Waals surface area contributed by atoms with Crippen LogP contribution in [0.15, 0.2) is 0 Å². The normalized spacial score (nSPS) is 17.5. The van der Waals surface area contributed by atoms with E-state index in [9.17, 15) is 13.2 Å². The second-order valence-corrected chi connectivity index (χ2v) is 3.56. The molecule has 5 heteroatoms. The summed E-state index contributed by atoms with van der Waals surface area (Å²) in [6, 6.07) is -0.119. The summed E-state index contributed by atoms with van der Waals surface area (Å²) in [6.45, 7) is 2.73. The average Bonchev–Trinajstić information content (AvgIpc) is 1.97. The fourth-order valence-electron chi connectivity index (χ4n) is 0.612. The number of nitrogens with one attached hydrogen (secondary N) is 1. The Labute approximate surface area is 78.8 Å². The third kappa shape index (κ3) is 5.83. The number of halogens is 4. The molecule has 0 aliphatic carbocycles. The molecule has 1 N–H and O–H groups in total. The molecule has 0 bridgehead atoms. The smallest absolute Gasteiger partial charge is 0.306 e. The Bertz CT molecular complexity index is 126. The molecule has 0 radical (unpaired) electrons. The summed E-state index contributed by atoms with van der Waals surface area (Å²) in [5.74, 6) is 0.201. The predicted octanol–water partition coefficient (Wildman–Crippen LogP) is 2.56. The highest BCUT2D eigenvalue weighted by molar-refractivity contribution is 9.09. The van der Waals surface area contributed by atoms with Gasteiger partial charge >= 0.3 is 6.18 Å². The topological polar surface area (TPSA) is 12.0 Å². The van der Waals surface area contributed by atoms with Crippen molar-refractivity contribution in [1.82, 2.24) is 5.32 Å². The van der Waals surface area contributed by atoms with Crippen molar-refractivity contribution in [2.24, 2.45) is 5.92 Å². The number of rotatable bonds is 4. The van der Waals surface area contributed by atoms with Gasteiger partial charge in [-0.25, -0.2) is 0 Å². The molecule has 2 unspecified atom stereocenters. The van der Waals surface area contributed by atoms with Crippen LogP contribution in [-0.4, -0.2) is 24.1 Å². The van der Waals surface area contributed by atoms with Crippen LogP contribution in [0.4, 0.5) is 13.2 Å². The van der Waals surface area contributed by atoms with Crippen molar-refractivity contribution in [3.8, 4) is 0 Å². The van der Waals surface area contributed by atoms with Crippen molar-refractivity contribution in [2.75, 3.05) is 11.9 Å². The maximum atomic E-state index is 11.7. The van der Waals surface area contributed by atoms with Gasteiger partial charge in [-0.15, -0.1) is 0 Å². The lowest BCUT2D eigenvalue weighted by Gasteiger charge is -2.19. The molecule has 0 aliphatic rings. The Hall–Kier alpha value is 0.230. The van der Waals surface area contributed by atoms with Gasteiger partial charge in [0.05, 0.1) is 6.54 Å². The fraction of sp³-hybridized carbons (Fsp3) is 1.00. The lowest BCUT2D eigenvalue weighted by atomic mass is 10.1. The zero-order valence-corrected chi connectivity index (χ0v) is 8.67. The van der Waals surface area contributed by atoms with E-state index in [1.807, 2.05) is 6.92 Å². The molecule has 0 saturated heterocycles. The lowest BCUT2D eigenvalue weighted by Crippen LogP contribution is -2.39. The first-order valence-corrected chi connectivity index (χ1v) is 4.85. The summed E-state index contributed by atoms with van der Waals surface area (Å²) >= 11 is 3.21. The second-order valence-electron chi connectivity index (χ2n) is 2.92. The zero-order chi connectivity index (χ0) is 9.78. The maximum absolute atomic E-state index is 11.7. The van der Waals surface area contributed by atoms with Crippen LogP contribution in [0.1, 0.15) is 13.8 Å². The van der Waals surface area contributed by atoms with E-state index in [4.69, 9.17) is 0 Å². The molecule has 12 heavy (non-hydrogen) atoms. The van der Waals surface area contributed by atoms with Gasteiger partial charge in [-0.3, -0.25) is 0 Å². The molecule has 0 amide bonds. The van der Waals surface area contributed by atoms with E-state index < -0.39 is 12.7 Å². The summed E-state index contributed by atoms with van der Waals surface area (Å²) in [5.41, 5.74) is 0. The molecule has 0 heterocycles. The summed E-state index contributed by atoms with van der Waals surface area (Å²) in [6.07, 6.45) is -4.11. The van der Waals surface area contributed by atoms with E-state index in [-0.39, 0.29) is 12.0 Å². The highest BCUT2D eigenvalue weighted by Gasteiger charge is 2.27. The van der Waals surface area contributed by atoms with Crippen LogP contribution < -0.4 is 5.32 Å². The van der Waals surface area contributed by atoms with E-state index in [0.717, 1.165) is 0 Å². The Morgan fingerprint density at radius 1 is 1.33 bits per heavy atom. The molecule has 2 atom stereocenters. The summed E-state index contributed by atoms with van der Waals surface area (Å²) < 4.78 is 35.1. The van der Waals surface area contributed by atoms with Gasteiger partial charge in [0.15, 0.2) is 0 Å². The Morgan fingerprint density at radius 3 is 2.17 bits per heavy atom. The van der Waals surface area contributed by atoms with Gasteiger partial charge in [0, 0.05) is 11.4 Å². The van der Waals surface area contributed by atoms with Crippen molar-refractivity contribution in [2.45, 2.75) is 26.1 Å². The van der Waals surface area contributed by atoms with Crippen LogP contribution >= 0.6 is 15.9 Å². The number of hydrogen-bond donors (Lipinski definition) is 1. The minimum Gasteiger partial charge on any atom is -0.306 e. The summed E-state index contributed by atoms with van der Waals surface area (Å²) in [4.78, 5) is 0. The quantitative estimate of drug-likeness (QED) is 0.754. The monoisotopic (exact) mass is 247 g/mol. The van der Waals surface area contributed by atoms with Gasteiger partial charge < -0.3 is 5.32 Å². The van der Waals surface area contributed by atoms with E-state index in [2.05, 4.69) is 21.2 Å². The van der Waals surface area contributed by atoms with Gasteiger partial charge in [-0.1, -0.05) is 22.9 Å². The van der Waals surface area contributed by atoms with Crippen molar-refractivity contribution in [3.05, 3.63) is 0 Å². The molecule has 0 saturated carbocycles. The predicted molar refractivity (Wildman–Crippen MR) is 46.5 cm³/mol. The van der Waals surface area contributed by atoms with Crippen LogP contribution in [0, 0.1) is 5.92 Å². The largest absolute Gasteiger partial charge is 0.401 e. The standard InChI is InChI=1S/C7H13BrF3N/c1-5(3-8)6(2)12-4-7(9,10)11/h5-6,12H,3-4H2,1-2H3. The molecule has 0 aliphatic heterocycles. The first-order chi connectivity index (χ1) is 5.37. The highest BCUT2D eigenvalue weighted by Crippen LogP contribution is 2.14. The number of alkyl halides is 4. The lowest BCUT2D eigenvalue weighted by molar-refractivity contribution is -0.126. The van der Waals surface area contributed by atoms with Gasteiger partial charge in [-0.2, -0.15) is 13.2 Å². The van der Waals surface area contributed by atoms with Crippen LogP contribution in [0.5, 0.6) is 0 Å². The minimum atomic E-state index is -4.11. The molecule has 0 rings (SSSR count). The fourth-order valence-corrected chi connectivity index (χ4v) is 1.17. The van der Waals surface area contributed by atoms with Crippen LogP contribution in [0.25, 0.3) is 0 Å². The first-order valence-electron chi connectivity index (χ1n) is 3.73. The Morgan fingerprint density at radius 2 is 1.83 bits per heavy atom. The van der Waals surface area contributed by atoms with Gasteiger partial charge in [0.25, 0.3) is 0 Å². The first kappa shape index (κ1) is 12.2. The van der Waals surface area contributed by atoms with Crippen LogP contribution in [0.2, 0.25) is 0 Å². The number of hydrogen-bond acceptors (Lipinski definition) is 1. The molecule has 0 aromatic heterocycles. The maximum Gasteiger partial charge on any atom is 0.401 e. The third-order valence-electron chi connectivity index (χ3n) is 1.72. The molecule has 0 fully saturated rings. The van der Waals surface area contributed by atoms with Crippen LogP contribution in [0.3, 0.4) is 0 Å². The van der Waals surface area contributed by atoms with E-state index in [1.54, 1.807) is 6.92 Å². The van der Waals surface area contributed by atoms with Gasteiger partial charge in [0.2, 0.25) is 0 Å². The third-order valence-corrected chi connectivity index (χ3v) is 2.74. The van der Waals surface area contributed by atoms with Crippen molar-refractivity contribution in [3.63, 3.8) is 0 Å². The van der Waals surface area contributed by atoms with Crippen molar-refractivity contribution in [1.29, 1.82) is 0 Å². The molecule has 0 aromatic rings. The van der Waals surface area contributed by atoms with Gasteiger partial charge in [0.1, 0.15) is 0 Å². The van der Waals surface area contributed by atoms with Crippen LogP contribution in [-0.2, 0) is 0 Å². The van der Waals surface area contributed by atoms with Gasteiger partial charge in [-0.05, 0) is 12.8 Å². The van der Waals surface area contributed by atoms with E-state index in [1.165, 1.54) is 0 Å². The van der Waals surface area contributed by atoms with E-state index >= 15 is 0 Å². The molecule has 0 aromatic carbocycles. The minimum absolute atomic E-state index is 0.119.